The second-order valence-corrected chi connectivity index (χ2v) is 8.16. The fourth-order valence-electron chi connectivity index (χ4n) is 3.46. The molecule has 1 N–H and O–H groups in total. The van der Waals surface area contributed by atoms with E-state index in [1.165, 1.54) is 17.3 Å². The van der Waals surface area contributed by atoms with Gasteiger partial charge in [0.05, 0.1) is 12.3 Å². The SMILES string of the molecule is C=CCn1c(SCC(=O)NCC2Cc3ccccc3O2)nnc1-c1cccc(C)c1. The normalized spacial score (nSPS) is 14.8. The number of allylic oxidation sites excluding steroid dienone is 1. The first-order valence-corrected chi connectivity index (χ1v) is 10.9. The van der Waals surface area contributed by atoms with Gasteiger partial charge in [-0.2, -0.15) is 0 Å². The summed E-state index contributed by atoms with van der Waals surface area (Å²) in [5, 5.41) is 12.3. The van der Waals surface area contributed by atoms with Crippen LogP contribution in [0.3, 0.4) is 0 Å². The van der Waals surface area contributed by atoms with Crippen molar-refractivity contribution in [3.8, 4) is 17.1 Å². The van der Waals surface area contributed by atoms with Gasteiger partial charge in [-0.1, -0.05) is 59.8 Å². The number of carbonyl (C=O) groups excluding carboxylic acids is 1. The van der Waals surface area contributed by atoms with Crippen molar-refractivity contribution in [1.29, 1.82) is 0 Å². The van der Waals surface area contributed by atoms with Crippen LogP contribution in [-0.2, 0) is 17.8 Å². The third kappa shape index (κ3) is 4.57. The van der Waals surface area contributed by atoms with Crippen LogP contribution in [0.2, 0.25) is 0 Å². The van der Waals surface area contributed by atoms with E-state index in [9.17, 15) is 4.79 Å². The molecule has 1 amide bonds. The molecule has 1 aliphatic rings. The van der Waals surface area contributed by atoms with Crippen molar-refractivity contribution >= 4 is 17.7 Å². The molecule has 7 heteroatoms. The van der Waals surface area contributed by atoms with E-state index in [0.29, 0.717) is 18.2 Å². The van der Waals surface area contributed by atoms with Gasteiger partial charge in [-0.15, -0.1) is 16.8 Å². The Labute approximate surface area is 180 Å². The van der Waals surface area contributed by atoms with Gasteiger partial charge >= 0.3 is 0 Å². The van der Waals surface area contributed by atoms with Gasteiger partial charge < -0.3 is 10.1 Å². The number of benzene rings is 2. The Morgan fingerprint density at radius 1 is 1.30 bits per heavy atom. The molecule has 0 aliphatic carbocycles. The number of para-hydroxylation sites is 1. The number of fused-ring (bicyclic) bond motifs is 1. The molecule has 1 unspecified atom stereocenters. The molecule has 1 aliphatic heterocycles. The molecule has 6 nitrogen and oxygen atoms in total. The smallest absolute Gasteiger partial charge is 0.230 e. The van der Waals surface area contributed by atoms with E-state index in [1.54, 1.807) is 0 Å². The zero-order chi connectivity index (χ0) is 20.9. The van der Waals surface area contributed by atoms with E-state index in [-0.39, 0.29) is 17.8 Å². The van der Waals surface area contributed by atoms with Crippen LogP contribution in [0.25, 0.3) is 11.4 Å². The van der Waals surface area contributed by atoms with Gasteiger partial charge in [-0.25, -0.2) is 0 Å². The monoisotopic (exact) mass is 420 g/mol. The standard InChI is InChI=1S/C23H24N4O2S/c1-3-11-27-22(18-9-6-7-16(2)12-18)25-26-23(27)30-15-21(28)24-14-19-13-17-8-4-5-10-20(17)29-19/h3-10,12,19H,1,11,13-15H2,2H3,(H,24,28). The van der Waals surface area contributed by atoms with Crippen molar-refractivity contribution < 1.29 is 9.53 Å². The molecule has 2 heterocycles. The molecule has 1 atom stereocenters. The summed E-state index contributed by atoms with van der Waals surface area (Å²) in [5.74, 6) is 1.90. The van der Waals surface area contributed by atoms with E-state index in [1.807, 2.05) is 54.0 Å². The predicted molar refractivity (Wildman–Crippen MR) is 119 cm³/mol. The van der Waals surface area contributed by atoms with Gasteiger partial charge in [-0.3, -0.25) is 9.36 Å². The first-order valence-electron chi connectivity index (χ1n) is 9.89. The Balaban J connectivity index is 1.34. The van der Waals surface area contributed by atoms with Crippen LogP contribution in [0.15, 0.2) is 66.3 Å². The largest absolute Gasteiger partial charge is 0.488 e. The van der Waals surface area contributed by atoms with Crippen LogP contribution in [0, 0.1) is 6.92 Å². The number of rotatable bonds is 8. The van der Waals surface area contributed by atoms with Crippen LogP contribution in [-0.4, -0.2) is 39.1 Å². The highest BCUT2D eigenvalue weighted by atomic mass is 32.2. The minimum absolute atomic E-state index is 0.0197. The van der Waals surface area contributed by atoms with Crippen LogP contribution < -0.4 is 10.1 Å². The molecular weight excluding hydrogens is 396 g/mol. The Morgan fingerprint density at radius 2 is 2.17 bits per heavy atom. The summed E-state index contributed by atoms with van der Waals surface area (Å²) in [6.07, 6.45) is 2.60. The molecule has 3 aromatic rings. The number of nitrogens with zero attached hydrogens (tertiary/aromatic N) is 3. The average molecular weight is 421 g/mol. The molecule has 0 saturated heterocycles. The number of ether oxygens (including phenoxy) is 1. The maximum absolute atomic E-state index is 12.4. The Kier molecular flexibility index (Phi) is 6.18. The zero-order valence-electron chi connectivity index (χ0n) is 16.9. The third-order valence-corrected chi connectivity index (χ3v) is 5.84. The molecule has 0 fully saturated rings. The number of thioether (sulfide) groups is 1. The number of hydrogen-bond acceptors (Lipinski definition) is 5. The molecule has 0 radical (unpaired) electrons. The topological polar surface area (TPSA) is 69.0 Å². The predicted octanol–water partition coefficient (Wildman–Crippen LogP) is 3.65. The Bertz CT molecular complexity index is 1040. The highest BCUT2D eigenvalue weighted by Gasteiger charge is 2.23. The first-order chi connectivity index (χ1) is 14.6. The molecule has 2 aromatic carbocycles. The van der Waals surface area contributed by atoms with Crippen LogP contribution in [0.5, 0.6) is 5.75 Å². The molecule has 0 spiro atoms. The second kappa shape index (κ2) is 9.17. The van der Waals surface area contributed by atoms with E-state index in [0.717, 1.165) is 29.1 Å². The number of aromatic nitrogens is 3. The van der Waals surface area contributed by atoms with Gasteiger partial charge in [-0.05, 0) is 24.6 Å². The molecule has 30 heavy (non-hydrogen) atoms. The summed E-state index contributed by atoms with van der Waals surface area (Å²) < 4.78 is 7.86. The fraction of sp³-hybridized carbons (Fsp3) is 0.261. The van der Waals surface area contributed by atoms with E-state index >= 15 is 0 Å². The highest BCUT2D eigenvalue weighted by molar-refractivity contribution is 7.99. The van der Waals surface area contributed by atoms with Crippen LogP contribution in [0.4, 0.5) is 0 Å². The minimum Gasteiger partial charge on any atom is -0.488 e. The number of nitrogens with one attached hydrogen (secondary N) is 1. The number of aryl methyl sites for hydroxylation is 1. The van der Waals surface area contributed by atoms with Gasteiger partial charge in [0.25, 0.3) is 0 Å². The average Bonchev–Trinajstić information content (AvgIpc) is 3.34. The Morgan fingerprint density at radius 3 is 2.97 bits per heavy atom. The van der Waals surface area contributed by atoms with Crippen LogP contribution >= 0.6 is 11.8 Å². The Hall–Kier alpha value is -3.06. The molecule has 0 saturated carbocycles. The maximum Gasteiger partial charge on any atom is 0.230 e. The van der Waals surface area contributed by atoms with Gasteiger partial charge in [0.1, 0.15) is 11.9 Å². The number of hydrogen-bond donors (Lipinski definition) is 1. The first kappa shape index (κ1) is 20.2. The van der Waals surface area contributed by atoms with E-state index < -0.39 is 0 Å². The quantitative estimate of drug-likeness (QED) is 0.445. The van der Waals surface area contributed by atoms with Gasteiger partial charge in [0.15, 0.2) is 11.0 Å². The second-order valence-electron chi connectivity index (χ2n) is 7.22. The summed E-state index contributed by atoms with van der Waals surface area (Å²) in [4.78, 5) is 12.4. The lowest BCUT2D eigenvalue weighted by Gasteiger charge is -2.12. The zero-order valence-corrected chi connectivity index (χ0v) is 17.7. The summed E-state index contributed by atoms with van der Waals surface area (Å²) in [5.41, 5.74) is 3.34. The molecule has 0 bridgehead atoms. The molecule has 1 aromatic heterocycles. The van der Waals surface area contributed by atoms with Crippen molar-refractivity contribution in [2.75, 3.05) is 12.3 Å². The van der Waals surface area contributed by atoms with Crippen molar-refractivity contribution in [2.45, 2.75) is 31.1 Å². The maximum atomic E-state index is 12.4. The van der Waals surface area contributed by atoms with E-state index in [2.05, 4.69) is 34.2 Å². The van der Waals surface area contributed by atoms with Crippen molar-refractivity contribution in [3.63, 3.8) is 0 Å². The van der Waals surface area contributed by atoms with Crippen molar-refractivity contribution in [3.05, 3.63) is 72.3 Å². The summed E-state index contributed by atoms with van der Waals surface area (Å²) in [6, 6.07) is 16.1. The third-order valence-electron chi connectivity index (χ3n) is 4.88. The lowest BCUT2D eigenvalue weighted by Crippen LogP contribution is -2.35. The lowest BCUT2D eigenvalue weighted by atomic mass is 10.1. The highest BCUT2D eigenvalue weighted by Crippen LogP contribution is 2.28. The number of amides is 1. The van der Waals surface area contributed by atoms with Gasteiger partial charge in [0.2, 0.25) is 5.91 Å². The molecular formula is C23H24N4O2S. The fourth-order valence-corrected chi connectivity index (χ4v) is 4.24. The molecule has 154 valence electrons. The molecule has 4 rings (SSSR count). The van der Waals surface area contributed by atoms with Crippen molar-refractivity contribution in [1.82, 2.24) is 20.1 Å². The minimum atomic E-state index is -0.0511. The van der Waals surface area contributed by atoms with Crippen molar-refractivity contribution in [2.24, 2.45) is 0 Å². The number of carbonyl (C=O) groups is 1. The summed E-state index contributed by atoms with van der Waals surface area (Å²) in [6.45, 7) is 6.95. The van der Waals surface area contributed by atoms with E-state index in [4.69, 9.17) is 4.74 Å². The summed E-state index contributed by atoms with van der Waals surface area (Å²) in [7, 11) is 0. The lowest BCUT2D eigenvalue weighted by molar-refractivity contribution is -0.118. The van der Waals surface area contributed by atoms with Crippen LogP contribution in [0.1, 0.15) is 11.1 Å². The van der Waals surface area contributed by atoms with Gasteiger partial charge in [0, 0.05) is 18.5 Å². The summed E-state index contributed by atoms with van der Waals surface area (Å²) >= 11 is 1.37.